The van der Waals surface area contributed by atoms with E-state index >= 15 is 0 Å². The molecule has 0 spiro atoms. The highest BCUT2D eigenvalue weighted by Gasteiger charge is 1.96. The maximum atomic E-state index is 10.3. The van der Waals surface area contributed by atoms with Crippen LogP contribution in [-0.4, -0.2) is 18.9 Å². The molecule has 9 heavy (non-hydrogen) atoms. The fourth-order valence-electron chi connectivity index (χ4n) is 0.249. The Hall–Kier alpha value is -1.30. The first-order valence-electron chi connectivity index (χ1n) is 2.34. The van der Waals surface area contributed by atoms with Gasteiger partial charge in [0.1, 0.15) is 12.7 Å². The molecule has 0 atom stereocenters. The average molecular weight is 126 g/mol. The molecule has 0 aromatic carbocycles. The average Bonchev–Trinajstić information content (AvgIpc) is 1.85. The van der Waals surface area contributed by atoms with Crippen molar-refractivity contribution in [2.24, 2.45) is 0 Å². The third-order valence-electron chi connectivity index (χ3n) is 0.566. The van der Waals surface area contributed by atoms with Crippen molar-refractivity contribution in [1.82, 2.24) is 0 Å². The SMILES string of the molecule is C#CCOC(=O)CC=O. The third-order valence-corrected chi connectivity index (χ3v) is 0.566. The highest BCUT2D eigenvalue weighted by Crippen LogP contribution is 1.79. The maximum absolute atomic E-state index is 10.3. The minimum atomic E-state index is -0.581. The lowest BCUT2D eigenvalue weighted by atomic mass is 10.5. The summed E-state index contributed by atoms with van der Waals surface area (Å²) in [7, 11) is 0. The van der Waals surface area contributed by atoms with Crippen LogP contribution in [0.1, 0.15) is 6.42 Å². The van der Waals surface area contributed by atoms with E-state index in [1.54, 1.807) is 0 Å². The standard InChI is InChI=1S/C6H6O3/c1-2-5-9-6(8)3-4-7/h1,4H,3,5H2. The molecule has 3 heteroatoms. The van der Waals surface area contributed by atoms with Gasteiger partial charge in [-0.2, -0.15) is 0 Å². The summed E-state index contributed by atoms with van der Waals surface area (Å²) in [6.45, 7) is -0.0628. The van der Waals surface area contributed by atoms with Gasteiger partial charge in [-0.15, -0.1) is 6.42 Å². The lowest BCUT2D eigenvalue weighted by Gasteiger charge is -1.92. The Morgan fingerprint density at radius 2 is 2.44 bits per heavy atom. The first-order chi connectivity index (χ1) is 4.31. The summed E-state index contributed by atoms with van der Waals surface area (Å²) in [5.41, 5.74) is 0. The molecule has 0 aliphatic heterocycles. The Morgan fingerprint density at radius 3 is 2.89 bits per heavy atom. The van der Waals surface area contributed by atoms with Gasteiger partial charge in [-0.3, -0.25) is 4.79 Å². The van der Waals surface area contributed by atoms with Crippen molar-refractivity contribution >= 4 is 12.3 Å². The van der Waals surface area contributed by atoms with Crippen LogP contribution in [-0.2, 0) is 14.3 Å². The molecule has 0 bridgehead atoms. The molecule has 0 amide bonds. The van der Waals surface area contributed by atoms with Crippen molar-refractivity contribution in [3.63, 3.8) is 0 Å². The van der Waals surface area contributed by atoms with E-state index in [1.165, 1.54) is 0 Å². The van der Waals surface area contributed by atoms with Crippen LogP contribution in [0.15, 0.2) is 0 Å². The van der Waals surface area contributed by atoms with Crippen molar-refractivity contribution in [2.45, 2.75) is 6.42 Å². The van der Waals surface area contributed by atoms with Crippen LogP contribution < -0.4 is 0 Å². The van der Waals surface area contributed by atoms with Crippen LogP contribution in [0, 0.1) is 12.3 Å². The molecule has 0 aliphatic rings. The Bertz CT molecular complexity index is 143. The van der Waals surface area contributed by atoms with E-state index in [0.717, 1.165) is 0 Å². The summed E-state index contributed by atoms with van der Waals surface area (Å²) in [6.07, 6.45) is 5.01. The van der Waals surface area contributed by atoms with Crippen molar-refractivity contribution in [3.8, 4) is 12.3 Å². The first kappa shape index (κ1) is 7.70. The molecule has 0 rings (SSSR count). The Morgan fingerprint density at radius 1 is 1.78 bits per heavy atom. The van der Waals surface area contributed by atoms with Crippen LogP contribution in [0.25, 0.3) is 0 Å². The van der Waals surface area contributed by atoms with Gasteiger partial charge in [0.2, 0.25) is 0 Å². The molecule has 0 aliphatic carbocycles. The summed E-state index contributed by atoms with van der Waals surface area (Å²) in [4.78, 5) is 19.9. The number of hydrogen-bond acceptors (Lipinski definition) is 3. The topological polar surface area (TPSA) is 43.4 Å². The van der Waals surface area contributed by atoms with Gasteiger partial charge in [0.05, 0.1) is 0 Å². The fourth-order valence-corrected chi connectivity index (χ4v) is 0.249. The Kier molecular flexibility index (Phi) is 4.15. The zero-order chi connectivity index (χ0) is 7.11. The van der Waals surface area contributed by atoms with Crippen LogP contribution in [0.4, 0.5) is 0 Å². The molecular formula is C6H6O3. The van der Waals surface area contributed by atoms with E-state index in [2.05, 4.69) is 10.7 Å². The normalized spacial score (nSPS) is 7.44. The predicted molar refractivity (Wildman–Crippen MR) is 30.5 cm³/mol. The number of terminal acetylenes is 1. The van der Waals surface area contributed by atoms with E-state index in [0.29, 0.717) is 6.29 Å². The number of rotatable bonds is 3. The second kappa shape index (κ2) is 4.85. The van der Waals surface area contributed by atoms with Gasteiger partial charge < -0.3 is 9.53 Å². The fraction of sp³-hybridized carbons (Fsp3) is 0.333. The van der Waals surface area contributed by atoms with Gasteiger partial charge >= 0.3 is 5.97 Å². The molecule has 0 saturated heterocycles. The summed E-state index contributed by atoms with van der Waals surface area (Å²) >= 11 is 0. The lowest BCUT2D eigenvalue weighted by molar-refractivity contribution is -0.143. The van der Waals surface area contributed by atoms with Crippen molar-refractivity contribution in [3.05, 3.63) is 0 Å². The quantitative estimate of drug-likeness (QED) is 0.227. The molecule has 0 N–H and O–H groups in total. The molecule has 0 aromatic rings. The molecule has 3 nitrogen and oxygen atoms in total. The van der Waals surface area contributed by atoms with Crippen molar-refractivity contribution in [2.75, 3.05) is 6.61 Å². The second-order valence-corrected chi connectivity index (χ2v) is 1.24. The van der Waals surface area contributed by atoms with Crippen molar-refractivity contribution in [1.29, 1.82) is 0 Å². The summed E-state index contributed by atoms with van der Waals surface area (Å²) < 4.78 is 4.33. The zero-order valence-electron chi connectivity index (χ0n) is 4.79. The van der Waals surface area contributed by atoms with Crippen LogP contribution in [0.3, 0.4) is 0 Å². The van der Waals surface area contributed by atoms with Crippen LogP contribution in [0.5, 0.6) is 0 Å². The van der Waals surface area contributed by atoms with Gasteiger partial charge in [0, 0.05) is 0 Å². The monoisotopic (exact) mass is 126 g/mol. The highest BCUT2D eigenvalue weighted by molar-refractivity contribution is 5.83. The largest absolute Gasteiger partial charge is 0.452 e. The highest BCUT2D eigenvalue weighted by atomic mass is 16.5. The van der Waals surface area contributed by atoms with Gasteiger partial charge in [0.25, 0.3) is 0 Å². The molecule has 0 saturated carbocycles. The minimum Gasteiger partial charge on any atom is -0.452 e. The minimum absolute atomic E-state index is 0.0628. The molecule has 0 fully saturated rings. The van der Waals surface area contributed by atoms with E-state index in [9.17, 15) is 9.59 Å². The summed E-state index contributed by atoms with van der Waals surface area (Å²) in [5, 5.41) is 0. The summed E-state index contributed by atoms with van der Waals surface area (Å²) in [6, 6.07) is 0. The van der Waals surface area contributed by atoms with Crippen molar-refractivity contribution < 1.29 is 14.3 Å². The molecule has 0 radical (unpaired) electrons. The number of esters is 1. The number of aldehydes is 1. The second-order valence-electron chi connectivity index (χ2n) is 1.24. The maximum Gasteiger partial charge on any atom is 0.313 e. The smallest absolute Gasteiger partial charge is 0.313 e. The number of hydrogen-bond donors (Lipinski definition) is 0. The number of carbonyl (C=O) groups is 2. The van der Waals surface area contributed by atoms with Crippen LogP contribution >= 0.6 is 0 Å². The third kappa shape index (κ3) is 4.56. The molecule has 0 unspecified atom stereocenters. The Balaban J connectivity index is 3.29. The predicted octanol–water partition coefficient (Wildman–Crippen LogP) is -0.248. The molecular weight excluding hydrogens is 120 g/mol. The van der Waals surface area contributed by atoms with E-state index in [1.807, 2.05) is 0 Å². The molecule has 0 aromatic heterocycles. The number of ether oxygens (including phenoxy) is 1. The lowest BCUT2D eigenvalue weighted by Crippen LogP contribution is -2.04. The van der Waals surface area contributed by atoms with Gasteiger partial charge in [-0.1, -0.05) is 5.92 Å². The van der Waals surface area contributed by atoms with E-state index in [4.69, 9.17) is 6.42 Å². The first-order valence-corrected chi connectivity index (χ1v) is 2.34. The van der Waals surface area contributed by atoms with Gasteiger partial charge in [0.15, 0.2) is 6.61 Å². The molecule has 0 heterocycles. The van der Waals surface area contributed by atoms with Crippen LogP contribution in [0.2, 0.25) is 0 Å². The summed E-state index contributed by atoms with van der Waals surface area (Å²) in [5.74, 6) is 1.52. The van der Waals surface area contributed by atoms with Gasteiger partial charge in [-0.05, 0) is 0 Å². The molecule has 48 valence electrons. The van der Waals surface area contributed by atoms with E-state index < -0.39 is 5.97 Å². The Labute approximate surface area is 53.0 Å². The van der Waals surface area contributed by atoms with Gasteiger partial charge in [-0.25, -0.2) is 0 Å². The van der Waals surface area contributed by atoms with E-state index in [-0.39, 0.29) is 13.0 Å². The zero-order valence-corrected chi connectivity index (χ0v) is 4.79. The number of carbonyl (C=O) groups excluding carboxylic acids is 2.